The first kappa shape index (κ1) is 17.9. The third-order valence-electron chi connectivity index (χ3n) is 4.23. The van der Waals surface area contributed by atoms with Crippen LogP contribution in [0.3, 0.4) is 0 Å². The third-order valence-corrected chi connectivity index (χ3v) is 5.92. The van der Waals surface area contributed by atoms with Crippen molar-refractivity contribution in [1.82, 2.24) is 10.2 Å². The molecule has 0 unspecified atom stereocenters. The van der Waals surface area contributed by atoms with Gasteiger partial charge < -0.3 is 5.32 Å². The lowest BCUT2D eigenvalue weighted by molar-refractivity contribution is -0.126. The molecule has 0 aromatic heterocycles. The molecule has 2 rings (SSSR count). The Bertz CT molecular complexity index is 602. The smallest absolute Gasteiger partial charge is 0.237 e. The van der Waals surface area contributed by atoms with Crippen molar-refractivity contribution in [3.8, 4) is 0 Å². The number of nitrogens with one attached hydrogen (secondary N) is 1. The van der Waals surface area contributed by atoms with E-state index in [1.165, 1.54) is 0 Å². The number of amides is 1. The standard InChI is InChI=1S/C17H26N2O3S/c1-19-12-6-5-10-16(19)17(20)18-11-7-13-23(21,22)14-15-8-3-2-4-9-15/h2-4,8-9,16H,5-7,10-14H2,1H3,(H,18,20)/t16-/m1/s1. The van der Waals surface area contributed by atoms with E-state index < -0.39 is 9.84 Å². The van der Waals surface area contributed by atoms with Gasteiger partial charge in [0.25, 0.3) is 0 Å². The van der Waals surface area contributed by atoms with Gasteiger partial charge in [0.1, 0.15) is 0 Å². The summed E-state index contributed by atoms with van der Waals surface area (Å²) in [6.07, 6.45) is 3.55. The van der Waals surface area contributed by atoms with Crippen molar-refractivity contribution < 1.29 is 13.2 Å². The maximum absolute atomic E-state index is 12.1. The van der Waals surface area contributed by atoms with Crippen LogP contribution in [0.15, 0.2) is 30.3 Å². The Balaban J connectivity index is 1.71. The molecule has 1 N–H and O–H groups in total. The largest absolute Gasteiger partial charge is 0.355 e. The van der Waals surface area contributed by atoms with Gasteiger partial charge in [0, 0.05) is 6.54 Å². The molecule has 0 spiro atoms. The number of piperidine rings is 1. The topological polar surface area (TPSA) is 66.5 Å². The van der Waals surface area contributed by atoms with Gasteiger partial charge in [0.15, 0.2) is 9.84 Å². The number of sulfone groups is 1. The number of likely N-dealkylation sites (tertiary alicyclic amines) is 1. The predicted octanol–water partition coefficient (Wildman–Crippen LogP) is 1.59. The van der Waals surface area contributed by atoms with Gasteiger partial charge in [-0.2, -0.15) is 0 Å². The minimum atomic E-state index is -3.13. The van der Waals surface area contributed by atoms with Crippen LogP contribution in [0.4, 0.5) is 0 Å². The summed E-state index contributed by atoms with van der Waals surface area (Å²) >= 11 is 0. The monoisotopic (exact) mass is 338 g/mol. The van der Waals surface area contributed by atoms with Gasteiger partial charge >= 0.3 is 0 Å². The third kappa shape index (κ3) is 5.95. The van der Waals surface area contributed by atoms with Gasteiger partial charge in [-0.25, -0.2) is 8.42 Å². The summed E-state index contributed by atoms with van der Waals surface area (Å²) in [6, 6.07) is 9.12. The fourth-order valence-corrected chi connectivity index (χ4v) is 4.36. The molecule has 1 aliphatic heterocycles. The molecule has 1 heterocycles. The summed E-state index contributed by atoms with van der Waals surface area (Å²) in [5.41, 5.74) is 0.806. The molecule has 0 radical (unpaired) electrons. The number of nitrogens with zero attached hydrogens (tertiary/aromatic N) is 1. The summed E-state index contributed by atoms with van der Waals surface area (Å²) in [5, 5.41) is 2.87. The lowest BCUT2D eigenvalue weighted by Crippen LogP contribution is -2.47. The zero-order valence-corrected chi connectivity index (χ0v) is 14.5. The molecule has 1 aromatic carbocycles. The number of likely N-dealkylation sites (N-methyl/N-ethyl adjacent to an activating group) is 1. The Kier molecular flexibility index (Phi) is 6.59. The Hall–Kier alpha value is -1.40. The van der Waals surface area contributed by atoms with Crippen molar-refractivity contribution in [2.75, 3.05) is 25.9 Å². The van der Waals surface area contributed by atoms with Crippen molar-refractivity contribution in [2.45, 2.75) is 37.5 Å². The maximum atomic E-state index is 12.1. The Morgan fingerprint density at radius 1 is 1.26 bits per heavy atom. The molecule has 23 heavy (non-hydrogen) atoms. The fraction of sp³-hybridized carbons (Fsp3) is 0.588. The highest BCUT2D eigenvalue weighted by Crippen LogP contribution is 2.14. The van der Waals surface area contributed by atoms with E-state index in [0.717, 1.165) is 31.4 Å². The normalized spacial score (nSPS) is 19.4. The van der Waals surface area contributed by atoms with Crippen LogP contribution in [-0.2, 0) is 20.4 Å². The number of carbonyl (C=O) groups excluding carboxylic acids is 1. The van der Waals surface area contributed by atoms with Crippen LogP contribution in [0.25, 0.3) is 0 Å². The van der Waals surface area contributed by atoms with Crippen molar-refractivity contribution in [2.24, 2.45) is 0 Å². The summed E-state index contributed by atoms with van der Waals surface area (Å²) in [7, 11) is -1.16. The van der Waals surface area contributed by atoms with Gasteiger partial charge in [0.2, 0.25) is 5.91 Å². The van der Waals surface area contributed by atoms with Gasteiger partial charge in [-0.3, -0.25) is 9.69 Å². The molecule has 1 aromatic rings. The average molecular weight is 338 g/mol. The molecule has 1 atom stereocenters. The molecule has 1 fully saturated rings. The SMILES string of the molecule is CN1CCCC[C@@H]1C(=O)NCCCS(=O)(=O)Cc1ccccc1. The number of hydrogen-bond donors (Lipinski definition) is 1. The van der Waals surface area contributed by atoms with Crippen LogP contribution in [0.5, 0.6) is 0 Å². The Morgan fingerprint density at radius 3 is 2.70 bits per heavy atom. The second-order valence-electron chi connectivity index (χ2n) is 6.21. The van der Waals surface area contributed by atoms with Gasteiger partial charge in [-0.1, -0.05) is 36.8 Å². The van der Waals surface area contributed by atoms with E-state index >= 15 is 0 Å². The van der Waals surface area contributed by atoms with Gasteiger partial charge in [0.05, 0.1) is 17.5 Å². The first-order valence-electron chi connectivity index (χ1n) is 8.20. The van der Waals surface area contributed by atoms with E-state index in [4.69, 9.17) is 0 Å². The van der Waals surface area contributed by atoms with E-state index in [0.29, 0.717) is 13.0 Å². The molecular weight excluding hydrogens is 312 g/mol. The molecule has 0 aliphatic carbocycles. The maximum Gasteiger partial charge on any atom is 0.237 e. The van der Waals surface area contributed by atoms with Crippen molar-refractivity contribution in [1.29, 1.82) is 0 Å². The second-order valence-corrected chi connectivity index (χ2v) is 8.40. The minimum Gasteiger partial charge on any atom is -0.355 e. The highest BCUT2D eigenvalue weighted by Gasteiger charge is 2.25. The van der Waals surface area contributed by atoms with Crippen LogP contribution in [0.1, 0.15) is 31.2 Å². The van der Waals surface area contributed by atoms with Gasteiger partial charge in [-0.15, -0.1) is 0 Å². The first-order valence-corrected chi connectivity index (χ1v) is 10.0. The number of benzene rings is 1. The molecule has 5 nitrogen and oxygen atoms in total. The number of rotatable bonds is 7. The van der Waals surface area contributed by atoms with Crippen LogP contribution in [0.2, 0.25) is 0 Å². The van der Waals surface area contributed by atoms with Crippen molar-refractivity contribution in [3.05, 3.63) is 35.9 Å². The summed E-state index contributed by atoms with van der Waals surface area (Å²) in [4.78, 5) is 14.2. The highest BCUT2D eigenvalue weighted by atomic mass is 32.2. The number of hydrogen-bond acceptors (Lipinski definition) is 4. The van der Waals surface area contributed by atoms with Crippen LogP contribution >= 0.6 is 0 Å². The fourth-order valence-electron chi connectivity index (χ4n) is 2.93. The summed E-state index contributed by atoms with van der Waals surface area (Å²) in [6.45, 7) is 1.36. The van der Waals surface area contributed by atoms with E-state index in [9.17, 15) is 13.2 Å². The molecule has 6 heteroatoms. The zero-order chi connectivity index (χ0) is 16.7. The van der Waals surface area contributed by atoms with E-state index in [2.05, 4.69) is 10.2 Å². The first-order chi connectivity index (χ1) is 11.0. The molecule has 1 aliphatic rings. The van der Waals surface area contributed by atoms with Crippen LogP contribution in [0, 0.1) is 0 Å². The van der Waals surface area contributed by atoms with Crippen LogP contribution in [-0.4, -0.2) is 51.2 Å². The second kappa shape index (κ2) is 8.45. The highest BCUT2D eigenvalue weighted by molar-refractivity contribution is 7.90. The molecule has 1 saturated heterocycles. The number of carbonyl (C=O) groups is 1. The van der Waals surface area contributed by atoms with Crippen LogP contribution < -0.4 is 5.32 Å². The Labute approximate surface area is 139 Å². The quantitative estimate of drug-likeness (QED) is 0.767. The molecule has 0 bridgehead atoms. The molecule has 1 amide bonds. The molecule has 128 valence electrons. The van der Waals surface area contributed by atoms with E-state index in [1.54, 1.807) is 0 Å². The summed E-state index contributed by atoms with van der Waals surface area (Å²) in [5.74, 6) is 0.184. The van der Waals surface area contributed by atoms with E-state index in [-0.39, 0.29) is 23.5 Å². The molecular formula is C17H26N2O3S. The minimum absolute atomic E-state index is 0.0210. The predicted molar refractivity (Wildman–Crippen MR) is 91.8 cm³/mol. The summed E-state index contributed by atoms with van der Waals surface area (Å²) < 4.78 is 24.2. The Morgan fingerprint density at radius 2 is 2.00 bits per heavy atom. The zero-order valence-electron chi connectivity index (χ0n) is 13.7. The lowest BCUT2D eigenvalue weighted by Gasteiger charge is -2.31. The molecule has 0 saturated carbocycles. The van der Waals surface area contributed by atoms with Crippen molar-refractivity contribution in [3.63, 3.8) is 0 Å². The van der Waals surface area contributed by atoms with Crippen molar-refractivity contribution >= 4 is 15.7 Å². The average Bonchev–Trinajstić information content (AvgIpc) is 2.52. The van der Waals surface area contributed by atoms with Gasteiger partial charge in [-0.05, 0) is 38.4 Å². The lowest BCUT2D eigenvalue weighted by atomic mass is 10.0. The van der Waals surface area contributed by atoms with E-state index in [1.807, 2.05) is 37.4 Å².